The number of rotatable bonds is 7. The summed E-state index contributed by atoms with van der Waals surface area (Å²) in [5.41, 5.74) is 1.20. The highest BCUT2D eigenvalue weighted by molar-refractivity contribution is 5.03. The molecule has 1 N–H and O–H groups in total. The lowest BCUT2D eigenvalue weighted by atomic mass is 9.79. The summed E-state index contributed by atoms with van der Waals surface area (Å²) in [7, 11) is 0. The van der Waals surface area contributed by atoms with E-state index in [2.05, 4.69) is 47.9 Å². The summed E-state index contributed by atoms with van der Waals surface area (Å²) < 4.78 is 0. The second-order valence-electron chi connectivity index (χ2n) is 5.98. The van der Waals surface area contributed by atoms with E-state index in [0.29, 0.717) is 17.8 Å². The summed E-state index contributed by atoms with van der Waals surface area (Å²) >= 11 is 0. The van der Waals surface area contributed by atoms with Crippen LogP contribution in [0, 0.1) is 17.8 Å². The highest BCUT2D eigenvalue weighted by Gasteiger charge is 2.21. The van der Waals surface area contributed by atoms with Crippen LogP contribution in [0.1, 0.15) is 38.7 Å². The molecule has 0 spiro atoms. The molecule has 0 saturated carbocycles. The minimum atomic E-state index is 0.630. The van der Waals surface area contributed by atoms with Crippen LogP contribution in [0.5, 0.6) is 0 Å². The number of aryl methyl sites for hydroxylation is 1. The molecule has 2 unspecified atom stereocenters. The standard InChI is InChI=1S/C17H25N3/c1-13(2)16(8-7-15-6-4-5-9-18-15)14(3)12-17-19-10-11-20-17/h4-6,9-11,13-14,16H,7-8,12H2,1-3H3,(H,19,20). The van der Waals surface area contributed by atoms with Gasteiger partial charge in [0.2, 0.25) is 0 Å². The third-order valence-electron chi connectivity index (χ3n) is 4.12. The summed E-state index contributed by atoms with van der Waals surface area (Å²) in [6.45, 7) is 6.98. The Hall–Kier alpha value is -1.64. The fourth-order valence-corrected chi connectivity index (χ4v) is 3.00. The molecular formula is C17H25N3. The van der Waals surface area contributed by atoms with Gasteiger partial charge in [0, 0.05) is 30.7 Å². The molecule has 2 heterocycles. The predicted molar refractivity (Wildman–Crippen MR) is 82.3 cm³/mol. The number of aromatic nitrogens is 3. The molecule has 0 aliphatic carbocycles. The zero-order chi connectivity index (χ0) is 14.4. The van der Waals surface area contributed by atoms with Crippen LogP contribution in [-0.4, -0.2) is 15.0 Å². The monoisotopic (exact) mass is 271 g/mol. The van der Waals surface area contributed by atoms with E-state index in [1.807, 2.05) is 24.7 Å². The van der Waals surface area contributed by atoms with Crippen molar-refractivity contribution in [3.05, 3.63) is 48.3 Å². The van der Waals surface area contributed by atoms with Gasteiger partial charge in [-0.15, -0.1) is 0 Å². The van der Waals surface area contributed by atoms with Gasteiger partial charge in [-0.25, -0.2) is 4.98 Å². The van der Waals surface area contributed by atoms with E-state index in [-0.39, 0.29) is 0 Å². The number of hydrogen-bond donors (Lipinski definition) is 1. The number of imidazole rings is 1. The van der Waals surface area contributed by atoms with Crippen molar-refractivity contribution in [3.63, 3.8) is 0 Å². The Kier molecular flexibility index (Phi) is 5.33. The van der Waals surface area contributed by atoms with Crippen molar-refractivity contribution < 1.29 is 0 Å². The first kappa shape index (κ1) is 14.8. The summed E-state index contributed by atoms with van der Waals surface area (Å²) in [5.74, 6) is 3.11. The molecule has 2 atom stereocenters. The van der Waals surface area contributed by atoms with Crippen molar-refractivity contribution in [1.29, 1.82) is 0 Å². The van der Waals surface area contributed by atoms with Gasteiger partial charge < -0.3 is 4.98 Å². The summed E-state index contributed by atoms with van der Waals surface area (Å²) in [6, 6.07) is 6.16. The highest BCUT2D eigenvalue weighted by Crippen LogP contribution is 2.27. The summed E-state index contributed by atoms with van der Waals surface area (Å²) in [5, 5.41) is 0. The normalized spacial score (nSPS) is 14.4. The van der Waals surface area contributed by atoms with E-state index in [4.69, 9.17) is 0 Å². The first-order chi connectivity index (χ1) is 9.66. The highest BCUT2D eigenvalue weighted by atomic mass is 14.9. The number of H-pyrrole nitrogens is 1. The smallest absolute Gasteiger partial charge is 0.106 e. The first-order valence-corrected chi connectivity index (χ1v) is 7.55. The van der Waals surface area contributed by atoms with Crippen LogP contribution in [0.3, 0.4) is 0 Å². The molecule has 0 bridgehead atoms. The van der Waals surface area contributed by atoms with Crippen LogP contribution < -0.4 is 0 Å². The minimum Gasteiger partial charge on any atom is -0.349 e. The van der Waals surface area contributed by atoms with Gasteiger partial charge in [-0.1, -0.05) is 26.8 Å². The predicted octanol–water partition coefficient (Wildman–Crippen LogP) is 3.89. The average Bonchev–Trinajstić information content (AvgIpc) is 2.92. The maximum Gasteiger partial charge on any atom is 0.106 e. The van der Waals surface area contributed by atoms with Gasteiger partial charge in [-0.3, -0.25) is 4.98 Å². The SMILES string of the molecule is CC(C)C(CCc1ccccn1)C(C)Cc1ncc[nH]1. The number of nitrogens with zero attached hydrogens (tertiary/aromatic N) is 2. The van der Waals surface area contributed by atoms with Crippen LogP contribution in [0.2, 0.25) is 0 Å². The van der Waals surface area contributed by atoms with E-state index in [0.717, 1.165) is 18.7 Å². The number of pyridine rings is 1. The van der Waals surface area contributed by atoms with E-state index < -0.39 is 0 Å². The number of nitrogens with one attached hydrogen (secondary N) is 1. The quantitative estimate of drug-likeness (QED) is 0.830. The Balaban J connectivity index is 1.92. The first-order valence-electron chi connectivity index (χ1n) is 7.55. The minimum absolute atomic E-state index is 0.630. The van der Waals surface area contributed by atoms with Crippen molar-refractivity contribution >= 4 is 0 Å². The fourth-order valence-electron chi connectivity index (χ4n) is 3.00. The van der Waals surface area contributed by atoms with Crippen LogP contribution in [0.15, 0.2) is 36.8 Å². The molecule has 2 aromatic heterocycles. The Morgan fingerprint density at radius 3 is 2.55 bits per heavy atom. The van der Waals surface area contributed by atoms with Gasteiger partial charge in [0.1, 0.15) is 5.82 Å². The van der Waals surface area contributed by atoms with Crippen molar-refractivity contribution in [2.75, 3.05) is 0 Å². The molecule has 2 rings (SSSR count). The maximum atomic E-state index is 4.43. The molecule has 3 nitrogen and oxygen atoms in total. The van der Waals surface area contributed by atoms with Crippen LogP contribution in [0.4, 0.5) is 0 Å². The lowest BCUT2D eigenvalue weighted by molar-refractivity contribution is 0.249. The third-order valence-corrected chi connectivity index (χ3v) is 4.12. The largest absolute Gasteiger partial charge is 0.349 e. The lowest BCUT2D eigenvalue weighted by Crippen LogP contribution is -2.21. The Bertz CT molecular complexity index is 476. The molecule has 0 aliphatic rings. The van der Waals surface area contributed by atoms with Crippen molar-refractivity contribution in [2.45, 2.75) is 40.0 Å². The molecule has 0 aliphatic heterocycles. The van der Waals surface area contributed by atoms with Gasteiger partial charge in [-0.2, -0.15) is 0 Å². The summed E-state index contributed by atoms with van der Waals surface area (Å²) in [4.78, 5) is 12.0. The van der Waals surface area contributed by atoms with Gasteiger partial charge >= 0.3 is 0 Å². The molecule has 20 heavy (non-hydrogen) atoms. The van der Waals surface area contributed by atoms with Gasteiger partial charge in [0.25, 0.3) is 0 Å². The average molecular weight is 271 g/mol. The Morgan fingerprint density at radius 2 is 1.95 bits per heavy atom. The molecule has 3 heteroatoms. The van der Waals surface area contributed by atoms with Crippen LogP contribution in [-0.2, 0) is 12.8 Å². The zero-order valence-electron chi connectivity index (χ0n) is 12.7. The Morgan fingerprint density at radius 1 is 1.10 bits per heavy atom. The van der Waals surface area contributed by atoms with E-state index in [9.17, 15) is 0 Å². The van der Waals surface area contributed by atoms with Gasteiger partial charge in [-0.05, 0) is 42.7 Å². The van der Waals surface area contributed by atoms with E-state index in [1.165, 1.54) is 12.1 Å². The van der Waals surface area contributed by atoms with Crippen molar-refractivity contribution in [1.82, 2.24) is 15.0 Å². The molecule has 0 aromatic carbocycles. The van der Waals surface area contributed by atoms with E-state index >= 15 is 0 Å². The number of aromatic amines is 1. The molecule has 0 radical (unpaired) electrons. The fraction of sp³-hybridized carbons (Fsp3) is 0.529. The lowest BCUT2D eigenvalue weighted by Gasteiger charge is -2.27. The number of hydrogen-bond acceptors (Lipinski definition) is 2. The molecule has 0 saturated heterocycles. The molecule has 0 amide bonds. The molecule has 108 valence electrons. The second-order valence-corrected chi connectivity index (χ2v) is 5.98. The summed E-state index contributed by atoms with van der Waals surface area (Å²) in [6.07, 6.45) is 8.90. The second kappa shape index (κ2) is 7.22. The molecule has 2 aromatic rings. The zero-order valence-corrected chi connectivity index (χ0v) is 12.7. The van der Waals surface area contributed by atoms with Crippen LogP contribution >= 0.6 is 0 Å². The van der Waals surface area contributed by atoms with Crippen molar-refractivity contribution in [2.24, 2.45) is 17.8 Å². The van der Waals surface area contributed by atoms with Gasteiger partial charge in [0.05, 0.1) is 0 Å². The molecule has 0 fully saturated rings. The third kappa shape index (κ3) is 4.19. The Labute approximate surface area is 121 Å². The topological polar surface area (TPSA) is 41.6 Å². The van der Waals surface area contributed by atoms with E-state index in [1.54, 1.807) is 0 Å². The van der Waals surface area contributed by atoms with Crippen molar-refractivity contribution in [3.8, 4) is 0 Å². The maximum absolute atomic E-state index is 4.43. The van der Waals surface area contributed by atoms with Crippen LogP contribution in [0.25, 0.3) is 0 Å². The molecular weight excluding hydrogens is 246 g/mol. The van der Waals surface area contributed by atoms with Gasteiger partial charge in [0.15, 0.2) is 0 Å².